The molecular weight excluding hydrogens is 519 g/mol. The number of esters is 1. The lowest BCUT2D eigenvalue weighted by Crippen LogP contribution is -2.42. The number of hydrogen-bond acceptors (Lipinski definition) is 5. The van der Waals surface area contributed by atoms with Crippen LogP contribution in [0.1, 0.15) is 50.2 Å². The molecule has 4 aromatic rings. The van der Waals surface area contributed by atoms with Gasteiger partial charge in [0.15, 0.2) is 0 Å². The number of benzene rings is 4. The maximum Gasteiger partial charge on any atom is 0.337 e. The van der Waals surface area contributed by atoms with Crippen LogP contribution in [0.5, 0.6) is 0 Å². The predicted octanol–water partition coefficient (Wildman–Crippen LogP) is 6.68. The summed E-state index contributed by atoms with van der Waals surface area (Å²) in [4.78, 5) is 42.3. The molecule has 1 amide bonds. The molecule has 0 spiro atoms. The molecule has 2 aliphatic rings. The molecule has 0 saturated heterocycles. The summed E-state index contributed by atoms with van der Waals surface area (Å²) in [6.45, 7) is 0. The van der Waals surface area contributed by atoms with Gasteiger partial charge in [0.2, 0.25) is 0 Å². The van der Waals surface area contributed by atoms with E-state index in [1.807, 2.05) is 36.4 Å². The molecule has 204 valence electrons. The Labute approximate surface area is 237 Å². The van der Waals surface area contributed by atoms with Crippen LogP contribution in [0.25, 0.3) is 0 Å². The average Bonchev–Trinajstić information content (AvgIpc) is 3.16. The molecule has 1 aliphatic carbocycles. The first kappa shape index (κ1) is 26.2. The van der Waals surface area contributed by atoms with Gasteiger partial charge in [-0.1, -0.05) is 60.7 Å². The third-order valence-corrected chi connectivity index (χ3v) is 7.73. The molecule has 1 aliphatic heterocycles. The molecule has 1 heterocycles. The van der Waals surface area contributed by atoms with Gasteiger partial charge in [-0.3, -0.25) is 14.5 Å². The Kier molecular flexibility index (Phi) is 6.93. The zero-order valence-electron chi connectivity index (χ0n) is 22.3. The summed E-state index contributed by atoms with van der Waals surface area (Å²) in [6, 6.07) is 28.8. The number of nitrogens with one attached hydrogen (secondary N) is 1. The number of hydrogen-bond donors (Lipinski definition) is 1. The van der Waals surface area contributed by atoms with Crippen molar-refractivity contribution in [1.29, 1.82) is 0 Å². The molecular formula is C34H27FN2O4. The highest BCUT2D eigenvalue weighted by atomic mass is 19.1. The Hall–Kier alpha value is -5.04. The fourth-order valence-electron chi connectivity index (χ4n) is 5.76. The molecule has 0 bridgehead atoms. The van der Waals surface area contributed by atoms with Crippen molar-refractivity contribution in [3.63, 3.8) is 0 Å². The molecule has 0 saturated carbocycles. The minimum Gasteiger partial charge on any atom is -0.465 e. The van der Waals surface area contributed by atoms with Gasteiger partial charge in [0, 0.05) is 23.6 Å². The number of rotatable bonds is 4. The number of halogens is 1. The maximum atomic E-state index is 14.3. The number of amides is 1. The molecule has 7 heteroatoms. The van der Waals surface area contributed by atoms with E-state index in [4.69, 9.17) is 4.74 Å². The van der Waals surface area contributed by atoms with E-state index in [0.717, 1.165) is 5.56 Å². The van der Waals surface area contributed by atoms with E-state index in [1.54, 1.807) is 65.6 Å². The minimum atomic E-state index is -0.712. The van der Waals surface area contributed by atoms with Crippen LogP contribution in [0.4, 0.5) is 15.8 Å². The monoisotopic (exact) mass is 546 g/mol. The molecule has 0 fully saturated rings. The number of carbonyl (C=O) groups is 3. The predicted molar refractivity (Wildman–Crippen MR) is 154 cm³/mol. The molecule has 0 aromatic heterocycles. The molecule has 4 aromatic carbocycles. The first-order valence-electron chi connectivity index (χ1n) is 13.4. The largest absolute Gasteiger partial charge is 0.465 e. The first-order chi connectivity index (χ1) is 19.9. The van der Waals surface area contributed by atoms with Gasteiger partial charge in [0.1, 0.15) is 11.6 Å². The summed E-state index contributed by atoms with van der Waals surface area (Å²) in [5.74, 6) is -2.09. The van der Waals surface area contributed by atoms with Gasteiger partial charge in [0.25, 0.3) is 5.91 Å². The van der Waals surface area contributed by atoms with Crippen LogP contribution in [0, 0.1) is 11.7 Å². The Bertz CT molecular complexity index is 1650. The summed E-state index contributed by atoms with van der Waals surface area (Å²) >= 11 is 0. The van der Waals surface area contributed by atoms with Gasteiger partial charge < -0.3 is 10.1 Å². The molecule has 41 heavy (non-hydrogen) atoms. The van der Waals surface area contributed by atoms with Crippen LogP contribution in [-0.2, 0) is 9.53 Å². The van der Waals surface area contributed by atoms with Gasteiger partial charge in [-0.05, 0) is 59.7 Å². The number of ether oxygens (including phenoxy) is 1. The van der Waals surface area contributed by atoms with Crippen molar-refractivity contribution >= 4 is 29.0 Å². The second-order valence-electron chi connectivity index (χ2n) is 10.2. The Morgan fingerprint density at radius 3 is 2.20 bits per heavy atom. The molecule has 6 rings (SSSR count). The van der Waals surface area contributed by atoms with Crippen LogP contribution in [0.15, 0.2) is 115 Å². The number of ketones is 1. The van der Waals surface area contributed by atoms with E-state index in [9.17, 15) is 18.8 Å². The number of nitrogens with zero attached hydrogens (tertiary/aromatic N) is 1. The number of allylic oxidation sites excluding steroid dienone is 1. The number of methoxy groups -OCH3 is 1. The van der Waals surface area contributed by atoms with Gasteiger partial charge in [-0.25, -0.2) is 9.18 Å². The molecule has 6 nitrogen and oxygen atoms in total. The SMILES string of the molecule is COC(=O)c1ccc([C@H]2[C@@H]3C(=O)C[C@H](c4ccc(F)cc4)C=C3Nc3ccccc3N2C(=O)c2ccccc2)cc1. The topological polar surface area (TPSA) is 75.7 Å². The smallest absolute Gasteiger partial charge is 0.337 e. The summed E-state index contributed by atoms with van der Waals surface area (Å²) in [7, 11) is 1.32. The van der Waals surface area contributed by atoms with Crippen molar-refractivity contribution in [2.24, 2.45) is 5.92 Å². The molecule has 3 atom stereocenters. The van der Waals surface area contributed by atoms with Gasteiger partial charge in [0.05, 0.1) is 36.0 Å². The van der Waals surface area contributed by atoms with E-state index in [-0.39, 0.29) is 29.8 Å². The molecule has 0 radical (unpaired) electrons. The second kappa shape index (κ2) is 10.8. The third-order valence-electron chi connectivity index (χ3n) is 7.73. The second-order valence-corrected chi connectivity index (χ2v) is 10.2. The van der Waals surface area contributed by atoms with Gasteiger partial charge in [-0.2, -0.15) is 0 Å². The molecule has 1 N–H and O–H groups in total. The van der Waals surface area contributed by atoms with Crippen molar-refractivity contribution in [2.75, 3.05) is 17.3 Å². The normalized spacial score (nSPS) is 19.7. The van der Waals surface area contributed by atoms with E-state index >= 15 is 0 Å². The fourth-order valence-corrected chi connectivity index (χ4v) is 5.76. The van der Waals surface area contributed by atoms with E-state index in [1.165, 1.54) is 19.2 Å². The van der Waals surface area contributed by atoms with Crippen molar-refractivity contribution < 1.29 is 23.5 Å². The summed E-state index contributed by atoms with van der Waals surface area (Å²) in [5.41, 5.74) is 4.38. The third kappa shape index (κ3) is 4.91. The van der Waals surface area contributed by atoms with Crippen LogP contribution in [0.2, 0.25) is 0 Å². The lowest BCUT2D eigenvalue weighted by atomic mass is 9.76. The van der Waals surface area contributed by atoms with Crippen molar-refractivity contribution in [2.45, 2.75) is 18.4 Å². The van der Waals surface area contributed by atoms with Crippen LogP contribution >= 0.6 is 0 Å². The standard InChI is InChI=1S/C34H27FN2O4/c1-41-34(40)24-13-11-22(12-14-24)32-31-28(19-25(20-30(31)38)21-15-17-26(35)18-16-21)36-27-9-5-6-10-29(27)37(32)33(39)23-7-3-2-4-8-23/h2-19,25,31-32,36H,20H2,1H3/t25-,31+,32+/m1/s1. The number of carbonyl (C=O) groups excluding carboxylic acids is 3. The molecule has 0 unspecified atom stereocenters. The maximum absolute atomic E-state index is 14.3. The van der Waals surface area contributed by atoms with Crippen LogP contribution in [0.3, 0.4) is 0 Å². The van der Waals surface area contributed by atoms with Crippen molar-refractivity contribution in [3.05, 3.63) is 143 Å². The lowest BCUT2D eigenvalue weighted by Gasteiger charge is -2.37. The van der Waals surface area contributed by atoms with Crippen molar-refractivity contribution in [3.8, 4) is 0 Å². The number of fused-ring (bicyclic) bond motifs is 2. The van der Waals surface area contributed by atoms with Crippen LogP contribution < -0.4 is 10.2 Å². The highest BCUT2D eigenvalue weighted by Crippen LogP contribution is 2.48. The number of para-hydroxylation sites is 2. The number of anilines is 2. The number of Topliss-reactive ketones (excluding diaryl/α,β-unsaturated/α-hetero) is 1. The van der Waals surface area contributed by atoms with Gasteiger partial charge >= 0.3 is 5.97 Å². The zero-order valence-corrected chi connectivity index (χ0v) is 22.3. The summed E-state index contributed by atoms with van der Waals surface area (Å²) < 4.78 is 18.5. The van der Waals surface area contributed by atoms with E-state index < -0.39 is 17.9 Å². The minimum absolute atomic E-state index is 0.0509. The zero-order chi connectivity index (χ0) is 28.5. The fraction of sp³-hybridized carbons (Fsp3) is 0.147. The van der Waals surface area contributed by atoms with E-state index in [0.29, 0.717) is 33.8 Å². The summed E-state index contributed by atoms with van der Waals surface area (Å²) in [5, 5.41) is 3.48. The Balaban J connectivity index is 1.55. The van der Waals surface area contributed by atoms with Crippen LogP contribution in [-0.4, -0.2) is 24.8 Å². The Morgan fingerprint density at radius 1 is 0.829 bits per heavy atom. The first-order valence-corrected chi connectivity index (χ1v) is 13.4. The average molecular weight is 547 g/mol. The Morgan fingerprint density at radius 2 is 1.49 bits per heavy atom. The summed E-state index contributed by atoms with van der Waals surface area (Å²) in [6.07, 6.45) is 2.21. The quantitative estimate of drug-likeness (QED) is 0.289. The van der Waals surface area contributed by atoms with Crippen molar-refractivity contribution in [1.82, 2.24) is 0 Å². The highest BCUT2D eigenvalue weighted by molar-refractivity contribution is 6.10. The van der Waals surface area contributed by atoms with Gasteiger partial charge in [-0.15, -0.1) is 0 Å². The van der Waals surface area contributed by atoms with E-state index in [2.05, 4.69) is 5.32 Å². The lowest BCUT2D eigenvalue weighted by molar-refractivity contribution is -0.123. The highest BCUT2D eigenvalue weighted by Gasteiger charge is 2.45.